The van der Waals surface area contributed by atoms with Crippen LogP contribution in [0.5, 0.6) is 0 Å². The Hall–Kier alpha value is -2.08. The minimum atomic E-state index is -0.186. The molecule has 102 valence electrons. The zero-order valence-electron chi connectivity index (χ0n) is 10.7. The van der Waals surface area contributed by atoms with Gasteiger partial charge in [-0.1, -0.05) is 0 Å². The van der Waals surface area contributed by atoms with Crippen molar-refractivity contribution in [3.63, 3.8) is 0 Å². The second kappa shape index (κ2) is 6.19. The molecule has 0 aromatic carbocycles. The fourth-order valence-corrected chi connectivity index (χ4v) is 1.77. The third kappa shape index (κ3) is 3.23. The Morgan fingerprint density at radius 2 is 2.32 bits per heavy atom. The lowest BCUT2D eigenvalue weighted by Crippen LogP contribution is -2.31. The van der Waals surface area contributed by atoms with Crippen LogP contribution in [0.2, 0.25) is 0 Å². The van der Waals surface area contributed by atoms with Gasteiger partial charge in [-0.25, -0.2) is 0 Å². The Morgan fingerprint density at radius 3 is 3.11 bits per heavy atom. The fraction of sp³-hybridized carbons (Fsp3) is 0.385. The molecule has 0 aliphatic heterocycles. The monoisotopic (exact) mass is 264 g/mol. The maximum Gasteiger partial charge on any atom is 0.294 e. The first-order valence-electron chi connectivity index (χ1n) is 6.04. The summed E-state index contributed by atoms with van der Waals surface area (Å²) in [5, 5.41) is 3.51. The first kappa shape index (κ1) is 13.4. The molecular weight excluding hydrogens is 248 g/mol. The molecule has 0 atom stereocenters. The normalized spacial score (nSPS) is 10.8. The van der Waals surface area contributed by atoms with Crippen molar-refractivity contribution >= 4 is 16.9 Å². The molecule has 0 unspecified atom stereocenters. The van der Waals surface area contributed by atoms with E-state index in [2.05, 4.69) is 5.32 Å². The van der Waals surface area contributed by atoms with Crippen LogP contribution in [0.15, 0.2) is 33.8 Å². The van der Waals surface area contributed by atoms with E-state index in [1.54, 1.807) is 19.4 Å². The minimum Gasteiger partial charge on any atom is -0.459 e. The maximum absolute atomic E-state index is 12.0. The van der Waals surface area contributed by atoms with Crippen molar-refractivity contribution in [3.8, 4) is 0 Å². The van der Waals surface area contributed by atoms with Crippen LogP contribution in [0.3, 0.4) is 0 Å². The van der Waals surface area contributed by atoms with E-state index in [-0.39, 0.29) is 11.5 Å². The van der Waals surface area contributed by atoms with Gasteiger partial charge >= 0.3 is 0 Å². The van der Waals surface area contributed by atoms with Gasteiger partial charge in [-0.05, 0) is 12.1 Å². The molecule has 6 nitrogen and oxygen atoms in total. The molecule has 2 heterocycles. The summed E-state index contributed by atoms with van der Waals surface area (Å²) in [6.07, 6.45) is 3.51. The predicted octanol–water partition coefficient (Wildman–Crippen LogP) is 0.747. The van der Waals surface area contributed by atoms with Crippen molar-refractivity contribution in [2.75, 3.05) is 20.3 Å². The van der Waals surface area contributed by atoms with Crippen molar-refractivity contribution in [3.05, 3.63) is 34.9 Å². The van der Waals surface area contributed by atoms with Crippen LogP contribution < -0.4 is 10.9 Å². The van der Waals surface area contributed by atoms with E-state index in [0.717, 1.165) is 5.39 Å². The number of carbonyl (C=O) groups excluding carboxylic acids is 1. The highest BCUT2D eigenvalue weighted by Gasteiger charge is 2.05. The Bertz CT molecular complexity index is 614. The molecule has 0 spiro atoms. The summed E-state index contributed by atoms with van der Waals surface area (Å²) < 4.78 is 11.5. The van der Waals surface area contributed by atoms with E-state index >= 15 is 0 Å². The number of ether oxygens (including phenoxy) is 1. The van der Waals surface area contributed by atoms with E-state index in [4.69, 9.17) is 9.15 Å². The first-order chi connectivity index (χ1) is 9.22. The van der Waals surface area contributed by atoms with E-state index < -0.39 is 0 Å². The van der Waals surface area contributed by atoms with Gasteiger partial charge in [-0.3, -0.25) is 9.59 Å². The first-order valence-corrected chi connectivity index (χ1v) is 6.04. The van der Waals surface area contributed by atoms with Gasteiger partial charge in [0, 0.05) is 38.2 Å². The third-order valence-corrected chi connectivity index (χ3v) is 2.79. The molecule has 2 aromatic rings. The number of nitrogens with one attached hydrogen (secondary N) is 1. The van der Waals surface area contributed by atoms with Gasteiger partial charge in [-0.2, -0.15) is 0 Å². The summed E-state index contributed by atoms with van der Waals surface area (Å²) in [4.78, 5) is 23.3. The van der Waals surface area contributed by atoms with Crippen LogP contribution in [-0.4, -0.2) is 30.7 Å². The van der Waals surface area contributed by atoms with Gasteiger partial charge in [0.2, 0.25) is 5.91 Å². The number of methoxy groups -OCH3 is 1. The topological polar surface area (TPSA) is 73.5 Å². The molecule has 0 aliphatic rings. The SMILES string of the molecule is COCCC(=O)NCCn1ccc2ccoc2c1=O. The molecule has 6 heteroatoms. The Balaban J connectivity index is 1.93. The van der Waals surface area contributed by atoms with Crippen LogP contribution >= 0.6 is 0 Å². The lowest BCUT2D eigenvalue weighted by molar-refractivity contribution is -0.121. The molecule has 1 amide bonds. The highest BCUT2D eigenvalue weighted by atomic mass is 16.5. The zero-order valence-corrected chi connectivity index (χ0v) is 10.7. The molecule has 0 aliphatic carbocycles. The number of nitrogens with zero attached hydrogens (tertiary/aromatic N) is 1. The van der Waals surface area contributed by atoms with Crippen molar-refractivity contribution in [2.45, 2.75) is 13.0 Å². The highest BCUT2D eigenvalue weighted by Crippen LogP contribution is 2.09. The van der Waals surface area contributed by atoms with E-state index in [9.17, 15) is 9.59 Å². The number of furan rings is 1. The third-order valence-electron chi connectivity index (χ3n) is 2.79. The van der Waals surface area contributed by atoms with Crippen LogP contribution in [-0.2, 0) is 16.1 Å². The molecule has 2 rings (SSSR count). The second-order valence-electron chi connectivity index (χ2n) is 4.11. The number of hydrogen-bond donors (Lipinski definition) is 1. The van der Waals surface area contributed by atoms with Gasteiger partial charge < -0.3 is 19.0 Å². The van der Waals surface area contributed by atoms with E-state index in [0.29, 0.717) is 31.7 Å². The molecule has 1 N–H and O–H groups in total. The quantitative estimate of drug-likeness (QED) is 0.835. The minimum absolute atomic E-state index is 0.0889. The average Bonchev–Trinajstić information content (AvgIpc) is 2.88. The van der Waals surface area contributed by atoms with Crippen LogP contribution in [0.1, 0.15) is 6.42 Å². The lowest BCUT2D eigenvalue weighted by Gasteiger charge is -2.07. The number of pyridine rings is 1. The maximum atomic E-state index is 12.0. The van der Waals surface area contributed by atoms with E-state index in [1.165, 1.54) is 10.8 Å². The molecule has 19 heavy (non-hydrogen) atoms. The van der Waals surface area contributed by atoms with Gasteiger partial charge in [0.05, 0.1) is 12.9 Å². The Kier molecular flexibility index (Phi) is 4.35. The van der Waals surface area contributed by atoms with E-state index in [1.807, 2.05) is 6.07 Å². The smallest absolute Gasteiger partial charge is 0.294 e. The fourth-order valence-electron chi connectivity index (χ4n) is 1.77. The summed E-state index contributed by atoms with van der Waals surface area (Å²) in [6.45, 7) is 1.20. The highest BCUT2D eigenvalue weighted by molar-refractivity contribution is 5.76. The largest absolute Gasteiger partial charge is 0.459 e. The Morgan fingerprint density at radius 1 is 1.47 bits per heavy atom. The average molecular weight is 264 g/mol. The van der Waals surface area contributed by atoms with Gasteiger partial charge in [0.15, 0.2) is 5.58 Å². The molecular formula is C13H16N2O4. The molecule has 0 saturated carbocycles. The van der Waals surface area contributed by atoms with Crippen molar-refractivity contribution in [1.82, 2.24) is 9.88 Å². The lowest BCUT2D eigenvalue weighted by atomic mass is 10.3. The molecule has 0 radical (unpaired) electrons. The van der Waals surface area contributed by atoms with Crippen molar-refractivity contribution in [1.29, 1.82) is 0 Å². The molecule has 0 fully saturated rings. The summed E-state index contributed by atoms with van der Waals surface area (Å²) in [6, 6.07) is 3.56. The van der Waals surface area contributed by atoms with Crippen LogP contribution in [0, 0.1) is 0 Å². The van der Waals surface area contributed by atoms with Gasteiger partial charge in [0.1, 0.15) is 0 Å². The molecule has 2 aromatic heterocycles. The molecule has 0 saturated heterocycles. The number of rotatable bonds is 6. The predicted molar refractivity (Wildman–Crippen MR) is 70.0 cm³/mol. The number of aromatic nitrogens is 1. The van der Waals surface area contributed by atoms with Crippen molar-refractivity contribution < 1.29 is 13.9 Å². The van der Waals surface area contributed by atoms with Crippen LogP contribution in [0.25, 0.3) is 11.0 Å². The Labute approximate surface area is 110 Å². The standard InChI is InChI=1S/C13H16N2O4/c1-18-8-4-11(16)14-5-7-15-6-2-10-3-9-19-12(10)13(15)17/h2-3,6,9H,4-5,7-8H2,1H3,(H,14,16). The van der Waals surface area contributed by atoms with Crippen LogP contribution in [0.4, 0.5) is 0 Å². The summed E-state index contributed by atoms with van der Waals surface area (Å²) in [5.74, 6) is -0.0889. The van der Waals surface area contributed by atoms with Crippen molar-refractivity contribution in [2.24, 2.45) is 0 Å². The van der Waals surface area contributed by atoms with Gasteiger partial charge in [0.25, 0.3) is 5.56 Å². The molecule has 0 bridgehead atoms. The number of carbonyl (C=O) groups is 1. The van der Waals surface area contributed by atoms with Gasteiger partial charge in [-0.15, -0.1) is 0 Å². The number of amides is 1. The second-order valence-corrected chi connectivity index (χ2v) is 4.11. The number of fused-ring (bicyclic) bond motifs is 1. The summed E-state index contributed by atoms with van der Waals surface area (Å²) in [5.41, 5.74) is 0.154. The number of hydrogen-bond acceptors (Lipinski definition) is 4. The summed E-state index contributed by atoms with van der Waals surface area (Å²) >= 11 is 0. The zero-order chi connectivity index (χ0) is 13.7. The summed E-state index contributed by atoms with van der Waals surface area (Å²) in [7, 11) is 1.55.